The largest absolute Gasteiger partial charge is 0.369 e. The summed E-state index contributed by atoms with van der Waals surface area (Å²) >= 11 is 2.30. The van der Waals surface area contributed by atoms with Gasteiger partial charge in [0.25, 0.3) is 0 Å². The molecule has 0 amide bonds. The highest BCUT2D eigenvalue weighted by Gasteiger charge is 2.09. The van der Waals surface area contributed by atoms with E-state index in [9.17, 15) is 0 Å². The lowest BCUT2D eigenvalue weighted by Gasteiger charge is -2.06. The molecule has 2 aromatic carbocycles. The third kappa shape index (κ3) is 1.86. The third-order valence-corrected chi connectivity index (χ3v) is 3.57. The van der Waals surface area contributed by atoms with Gasteiger partial charge in [0, 0.05) is 3.57 Å². The molecule has 0 aliphatic heterocycles. The number of nitrogen functional groups attached to an aromatic ring is 1. The molecule has 2 N–H and O–H groups in total. The smallest absolute Gasteiger partial charge is 0.205 e. The Morgan fingerprint density at radius 2 is 2.00 bits per heavy atom. The molecule has 0 saturated carbocycles. The van der Waals surface area contributed by atoms with Crippen LogP contribution >= 0.6 is 22.6 Å². The number of aromatic nitrogens is 2. The summed E-state index contributed by atoms with van der Waals surface area (Å²) in [5.41, 5.74) is 10.2. The van der Waals surface area contributed by atoms with Gasteiger partial charge < -0.3 is 5.73 Å². The first-order valence-corrected chi connectivity index (χ1v) is 6.73. The van der Waals surface area contributed by atoms with Gasteiger partial charge in [0.1, 0.15) is 0 Å². The molecule has 3 rings (SSSR count). The predicted molar refractivity (Wildman–Crippen MR) is 82.9 cm³/mol. The lowest BCUT2D eigenvalue weighted by Crippen LogP contribution is -2.00. The van der Waals surface area contributed by atoms with Crippen LogP contribution in [0.5, 0.6) is 0 Å². The van der Waals surface area contributed by atoms with Gasteiger partial charge in [0.2, 0.25) is 5.95 Å². The molecular weight excluding hydrogens is 337 g/mol. The number of benzene rings is 2. The minimum atomic E-state index is 0.526. The van der Waals surface area contributed by atoms with Crippen molar-refractivity contribution in [3.8, 4) is 5.69 Å². The third-order valence-electron chi connectivity index (χ3n) is 2.90. The van der Waals surface area contributed by atoms with Gasteiger partial charge in [-0.15, -0.1) is 0 Å². The summed E-state index contributed by atoms with van der Waals surface area (Å²) in [6.07, 6.45) is 0. The Hall–Kier alpha value is -1.56. The maximum atomic E-state index is 6.03. The van der Waals surface area contributed by atoms with Crippen molar-refractivity contribution in [1.29, 1.82) is 0 Å². The van der Waals surface area contributed by atoms with Gasteiger partial charge in [-0.25, -0.2) is 4.98 Å². The van der Waals surface area contributed by atoms with Crippen LogP contribution in [0.2, 0.25) is 0 Å². The first-order chi connectivity index (χ1) is 8.65. The molecule has 0 saturated heterocycles. The SMILES string of the molecule is Cc1ccc2c(c1)nc(N)n2-c1cccc(I)c1. The number of halogens is 1. The second kappa shape index (κ2) is 4.28. The summed E-state index contributed by atoms with van der Waals surface area (Å²) in [6, 6.07) is 14.4. The zero-order valence-corrected chi connectivity index (χ0v) is 12.0. The van der Waals surface area contributed by atoms with Crippen LogP contribution in [0.1, 0.15) is 5.56 Å². The molecular formula is C14H12IN3. The number of nitrogens with zero attached hydrogens (tertiary/aromatic N) is 2. The molecule has 1 heterocycles. The van der Waals surface area contributed by atoms with Gasteiger partial charge in [0.05, 0.1) is 16.7 Å². The van der Waals surface area contributed by atoms with Crippen molar-refractivity contribution in [1.82, 2.24) is 9.55 Å². The van der Waals surface area contributed by atoms with Crippen LogP contribution in [0.15, 0.2) is 42.5 Å². The van der Waals surface area contributed by atoms with Gasteiger partial charge in [-0.3, -0.25) is 4.57 Å². The Morgan fingerprint density at radius 3 is 2.78 bits per heavy atom. The second-order valence-electron chi connectivity index (χ2n) is 4.28. The van der Waals surface area contributed by atoms with E-state index in [0.29, 0.717) is 5.95 Å². The maximum Gasteiger partial charge on any atom is 0.205 e. The number of imidazole rings is 1. The molecule has 0 bridgehead atoms. The molecule has 0 aliphatic carbocycles. The molecule has 3 aromatic rings. The quantitative estimate of drug-likeness (QED) is 0.683. The van der Waals surface area contributed by atoms with Crippen molar-refractivity contribution in [2.45, 2.75) is 6.92 Å². The number of anilines is 1. The molecule has 4 heteroatoms. The number of rotatable bonds is 1. The fraction of sp³-hybridized carbons (Fsp3) is 0.0714. The molecule has 90 valence electrons. The van der Waals surface area contributed by atoms with Crippen LogP contribution in [0.25, 0.3) is 16.7 Å². The Kier molecular flexibility index (Phi) is 2.74. The zero-order chi connectivity index (χ0) is 12.7. The van der Waals surface area contributed by atoms with Crippen LogP contribution < -0.4 is 5.73 Å². The lowest BCUT2D eigenvalue weighted by molar-refractivity contribution is 1.11. The highest BCUT2D eigenvalue weighted by molar-refractivity contribution is 14.1. The molecule has 18 heavy (non-hydrogen) atoms. The molecule has 0 aliphatic rings. The van der Waals surface area contributed by atoms with Crippen LogP contribution in [0.3, 0.4) is 0 Å². The average Bonchev–Trinajstić information content (AvgIpc) is 2.64. The standard InChI is InChI=1S/C14H12IN3/c1-9-5-6-13-12(7-9)17-14(16)18(13)11-4-2-3-10(15)8-11/h2-8H,1H3,(H2,16,17). The summed E-state index contributed by atoms with van der Waals surface area (Å²) in [4.78, 5) is 4.42. The molecule has 0 fully saturated rings. The fourth-order valence-electron chi connectivity index (χ4n) is 2.10. The Balaban J connectivity index is 2.32. The Labute approximate surface area is 119 Å². The van der Waals surface area contributed by atoms with Crippen molar-refractivity contribution in [3.63, 3.8) is 0 Å². The van der Waals surface area contributed by atoms with E-state index >= 15 is 0 Å². The highest BCUT2D eigenvalue weighted by atomic mass is 127. The highest BCUT2D eigenvalue weighted by Crippen LogP contribution is 2.24. The van der Waals surface area contributed by atoms with Crippen molar-refractivity contribution in [2.24, 2.45) is 0 Å². The predicted octanol–water partition coefficient (Wildman–Crippen LogP) is 3.52. The minimum absolute atomic E-state index is 0.526. The number of hydrogen-bond acceptors (Lipinski definition) is 2. The van der Waals surface area contributed by atoms with E-state index in [1.165, 1.54) is 9.13 Å². The normalized spacial score (nSPS) is 11.0. The fourth-order valence-corrected chi connectivity index (χ4v) is 2.62. The van der Waals surface area contributed by atoms with Crippen molar-refractivity contribution < 1.29 is 0 Å². The number of nitrogens with two attached hydrogens (primary N) is 1. The van der Waals surface area contributed by atoms with E-state index < -0.39 is 0 Å². The second-order valence-corrected chi connectivity index (χ2v) is 5.52. The van der Waals surface area contributed by atoms with Gasteiger partial charge in [-0.2, -0.15) is 0 Å². The molecule has 0 unspecified atom stereocenters. The van der Waals surface area contributed by atoms with E-state index in [0.717, 1.165) is 16.7 Å². The van der Waals surface area contributed by atoms with Gasteiger partial charge in [-0.1, -0.05) is 12.1 Å². The summed E-state index contributed by atoms with van der Waals surface area (Å²) in [6.45, 7) is 2.06. The van der Waals surface area contributed by atoms with E-state index in [-0.39, 0.29) is 0 Å². The molecule has 0 atom stereocenters. The van der Waals surface area contributed by atoms with Gasteiger partial charge in [-0.05, 0) is 65.4 Å². The minimum Gasteiger partial charge on any atom is -0.369 e. The van der Waals surface area contributed by atoms with Crippen LogP contribution in [0, 0.1) is 10.5 Å². The summed E-state index contributed by atoms with van der Waals surface area (Å²) in [5, 5.41) is 0. The van der Waals surface area contributed by atoms with Crippen molar-refractivity contribution in [3.05, 3.63) is 51.6 Å². The lowest BCUT2D eigenvalue weighted by atomic mass is 10.2. The first kappa shape index (κ1) is 11.5. The molecule has 0 radical (unpaired) electrons. The summed E-state index contributed by atoms with van der Waals surface area (Å²) in [7, 11) is 0. The molecule has 1 aromatic heterocycles. The monoisotopic (exact) mass is 349 g/mol. The first-order valence-electron chi connectivity index (χ1n) is 5.66. The van der Waals surface area contributed by atoms with Crippen molar-refractivity contribution in [2.75, 3.05) is 5.73 Å². The summed E-state index contributed by atoms with van der Waals surface area (Å²) < 4.78 is 3.16. The van der Waals surface area contributed by atoms with E-state index in [1.54, 1.807) is 0 Å². The topological polar surface area (TPSA) is 43.8 Å². The van der Waals surface area contributed by atoms with Crippen LogP contribution in [-0.2, 0) is 0 Å². The van der Waals surface area contributed by atoms with Gasteiger partial charge >= 0.3 is 0 Å². The van der Waals surface area contributed by atoms with Crippen molar-refractivity contribution >= 4 is 39.6 Å². The number of fused-ring (bicyclic) bond motifs is 1. The van der Waals surface area contributed by atoms with E-state index in [1.807, 2.05) is 16.7 Å². The van der Waals surface area contributed by atoms with Crippen LogP contribution in [-0.4, -0.2) is 9.55 Å². The van der Waals surface area contributed by atoms with E-state index in [2.05, 4.69) is 64.8 Å². The number of hydrogen-bond donors (Lipinski definition) is 1. The van der Waals surface area contributed by atoms with Gasteiger partial charge in [0.15, 0.2) is 0 Å². The molecule has 3 nitrogen and oxygen atoms in total. The Morgan fingerprint density at radius 1 is 1.17 bits per heavy atom. The zero-order valence-electron chi connectivity index (χ0n) is 9.89. The average molecular weight is 349 g/mol. The maximum absolute atomic E-state index is 6.03. The van der Waals surface area contributed by atoms with Crippen LogP contribution in [0.4, 0.5) is 5.95 Å². The Bertz CT molecular complexity index is 731. The number of aryl methyl sites for hydroxylation is 1. The summed E-state index contributed by atoms with van der Waals surface area (Å²) in [5.74, 6) is 0.526. The van der Waals surface area contributed by atoms with E-state index in [4.69, 9.17) is 5.73 Å². The molecule has 0 spiro atoms.